The lowest BCUT2D eigenvalue weighted by atomic mass is 10.0. The Balaban J connectivity index is 1.55. The zero-order valence-corrected chi connectivity index (χ0v) is 24.3. The van der Waals surface area contributed by atoms with Crippen molar-refractivity contribution in [3.63, 3.8) is 0 Å². The van der Waals surface area contributed by atoms with Crippen LogP contribution in [0.15, 0.2) is 90.6 Å². The van der Waals surface area contributed by atoms with Crippen molar-refractivity contribution in [3.05, 3.63) is 117 Å². The fourth-order valence-corrected chi connectivity index (χ4v) is 4.79. The van der Waals surface area contributed by atoms with Gasteiger partial charge in [-0.25, -0.2) is 4.98 Å². The number of hydrogen-bond donors (Lipinski definition) is 0. The van der Waals surface area contributed by atoms with Crippen LogP contribution in [0.3, 0.4) is 0 Å². The zero-order valence-electron chi connectivity index (χ0n) is 23.5. The number of para-hydroxylation sites is 1. The molecule has 0 unspecified atom stereocenters. The van der Waals surface area contributed by atoms with Crippen molar-refractivity contribution in [2.45, 2.75) is 20.8 Å². The first-order chi connectivity index (χ1) is 20.7. The van der Waals surface area contributed by atoms with Crippen LogP contribution in [0.1, 0.15) is 23.6 Å². The fourth-order valence-electron chi connectivity index (χ4n) is 4.41. The van der Waals surface area contributed by atoms with Crippen LogP contribution in [0, 0.1) is 24.0 Å². The Morgan fingerprint density at radius 1 is 0.884 bits per heavy atom. The van der Waals surface area contributed by atoms with E-state index in [2.05, 4.69) is 4.98 Å². The minimum Gasteiger partial charge on any atom is -0.490 e. The normalized spacial score (nSPS) is 14.3. The number of benzene rings is 3. The molecule has 0 bridgehead atoms. The predicted octanol–water partition coefficient (Wildman–Crippen LogP) is 6.55. The highest BCUT2D eigenvalue weighted by atomic mass is 32.1. The van der Waals surface area contributed by atoms with Crippen molar-refractivity contribution < 1.29 is 24.0 Å². The minimum absolute atomic E-state index is 0.0518. The summed E-state index contributed by atoms with van der Waals surface area (Å²) in [5.74, 6) is -0.357. The number of aromatic nitrogens is 1. The fraction of sp³-hybridized carbons (Fsp3) is 0.125. The lowest BCUT2D eigenvalue weighted by Gasteiger charge is -2.36. The highest BCUT2D eigenvalue weighted by Crippen LogP contribution is 2.35. The molecular weight excluding hydrogens is 568 g/mol. The minimum atomic E-state index is -0.561. The van der Waals surface area contributed by atoms with Crippen LogP contribution >= 0.6 is 12.2 Å². The molecule has 0 N–H and O–H groups in total. The van der Waals surface area contributed by atoms with Gasteiger partial charge in [-0.15, -0.1) is 0 Å². The molecule has 0 aliphatic carbocycles. The lowest BCUT2D eigenvalue weighted by molar-refractivity contribution is -0.385. The molecular formula is C32H26N4O6S. The van der Waals surface area contributed by atoms with Crippen molar-refractivity contribution in [2.24, 2.45) is 0 Å². The number of nitro groups is 1. The van der Waals surface area contributed by atoms with E-state index in [9.17, 15) is 19.7 Å². The van der Waals surface area contributed by atoms with Crippen LogP contribution in [0.5, 0.6) is 17.4 Å². The first-order valence-corrected chi connectivity index (χ1v) is 13.7. The molecule has 1 aliphatic rings. The van der Waals surface area contributed by atoms with E-state index in [0.717, 1.165) is 17.3 Å². The molecule has 10 nitrogen and oxygen atoms in total. The number of anilines is 2. The second-order valence-corrected chi connectivity index (χ2v) is 9.94. The van der Waals surface area contributed by atoms with Crippen molar-refractivity contribution in [1.29, 1.82) is 0 Å². The molecule has 2 heterocycles. The van der Waals surface area contributed by atoms with Gasteiger partial charge in [-0.2, -0.15) is 0 Å². The van der Waals surface area contributed by atoms with E-state index in [0.29, 0.717) is 35.0 Å². The summed E-state index contributed by atoms with van der Waals surface area (Å²) in [5.41, 5.74) is 3.35. The zero-order chi connectivity index (χ0) is 30.7. The molecule has 0 radical (unpaired) electrons. The van der Waals surface area contributed by atoms with Gasteiger partial charge in [0.25, 0.3) is 17.5 Å². The highest BCUT2D eigenvalue weighted by molar-refractivity contribution is 7.81. The predicted molar refractivity (Wildman–Crippen MR) is 166 cm³/mol. The maximum atomic E-state index is 13.9. The van der Waals surface area contributed by atoms with E-state index >= 15 is 0 Å². The topological polar surface area (TPSA) is 115 Å². The van der Waals surface area contributed by atoms with E-state index in [4.69, 9.17) is 21.7 Å². The number of carbonyl (C=O) groups is 2. The number of carbonyl (C=O) groups excluding carboxylic acids is 2. The molecule has 11 heteroatoms. The van der Waals surface area contributed by atoms with Crippen LogP contribution in [0.25, 0.3) is 6.08 Å². The van der Waals surface area contributed by atoms with Gasteiger partial charge in [-0.1, -0.05) is 30.3 Å². The van der Waals surface area contributed by atoms with Crippen LogP contribution in [-0.2, 0) is 9.59 Å². The molecule has 1 aromatic heterocycles. The monoisotopic (exact) mass is 594 g/mol. The van der Waals surface area contributed by atoms with Crippen molar-refractivity contribution in [2.75, 3.05) is 16.4 Å². The molecule has 0 spiro atoms. The third kappa shape index (κ3) is 5.97. The van der Waals surface area contributed by atoms with Crippen molar-refractivity contribution in [3.8, 4) is 17.4 Å². The summed E-state index contributed by atoms with van der Waals surface area (Å²) < 4.78 is 11.6. The summed E-state index contributed by atoms with van der Waals surface area (Å²) in [7, 11) is 0. The summed E-state index contributed by atoms with van der Waals surface area (Å²) in [6, 6.07) is 22.1. The number of aryl methyl sites for hydroxylation is 2. The summed E-state index contributed by atoms with van der Waals surface area (Å²) in [5, 5.41) is 11.0. The summed E-state index contributed by atoms with van der Waals surface area (Å²) in [6.45, 7) is 6.02. The first kappa shape index (κ1) is 29.1. The van der Waals surface area contributed by atoms with Gasteiger partial charge in [0.2, 0.25) is 5.88 Å². The average Bonchev–Trinajstić information content (AvgIpc) is 2.99. The van der Waals surface area contributed by atoms with Gasteiger partial charge in [0.05, 0.1) is 22.9 Å². The Bertz CT molecular complexity index is 1770. The van der Waals surface area contributed by atoms with E-state index in [1.165, 1.54) is 28.0 Å². The highest BCUT2D eigenvalue weighted by Gasteiger charge is 2.41. The van der Waals surface area contributed by atoms with Crippen LogP contribution in [-0.4, -0.2) is 33.4 Å². The van der Waals surface area contributed by atoms with Gasteiger partial charge >= 0.3 is 0 Å². The Labute approximate surface area is 252 Å². The Morgan fingerprint density at radius 3 is 2.23 bits per heavy atom. The quantitative estimate of drug-likeness (QED) is 0.0742. The molecule has 1 saturated heterocycles. The van der Waals surface area contributed by atoms with Gasteiger partial charge in [0.15, 0.2) is 16.6 Å². The number of nitrogens with zero attached hydrogens (tertiary/aromatic N) is 4. The smallest absolute Gasteiger partial charge is 0.287 e. The summed E-state index contributed by atoms with van der Waals surface area (Å²) >= 11 is 5.72. The first-order valence-electron chi connectivity index (χ1n) is 13.3. The van der Waals surface area contributed by atoms with E-state index < -0.39 is 16.7 Å². The standard InChI is InChI=1S/C32H26N4O6S/c1-4-41-28-18-22(11-14-27(28)42-29-15-13-25(19-33-29)36(39)40)17-26-30(37)34(23-8-6-5-7-9-23)32(43)35(31(26)38)24-12-10-20(2)21(3)16-24/h5-19H,4H2,1-3H3/b26-17+. The van der Waals surface area contributed by atoms with Crippen molar-refractivity contribution in [1.82, 2.24) is 4.98 Å². The average molecular weight is 595 g/mol. The summed E-state index contributed by atoms with van der Waals surface area (Å²) in [4.78, 5) is 44.9. The molecule has 0 atom stereocenters. The van der Waals surface area contributed by atoms with Gasteiger partial charge in [0, 0.05) is 12.1 Å². The third-order valence-corrected chi connectivity index (χ3v) is 7.10. The SMILES string of the molecule is CCOc1cc(/C=C2\C(=O)N(c3ccccc3)C(=S)N(c3ccc(C)c(C)c3)C2=O)ccc1Oc1ccc([N+](=O)[O-])cn1. The molecule has 43 heavy (non-hydrogen) atoms. The maximum Gasteiger partial charge on any atom is 0.287 e. The second kappa shape index (κ2) is 12.2. The molecule has 4 aromatic rings. The number of hydrogen-bond acceptors (Lipinski definition) is 8. The lowest BCUT2D eigenvalue weighted by Crippen LogP contribution is -2.57. The molecule has 1 aliphatic heterocycles. The van der Waals surface area contributed by atoms with E-state index in [1.54, 1.807) is 55.5 Å². The van der Waals surface area contributed by atoms with Crippen LogP contribution in [0.4, 0.5) is 17.1 Å². The third-order valence-electron chi connectivity index (χ3n) is 6.74. The van der Waals surface area contributed by atoms with Gasteiger partial charge in [-0.05, 0) is 92.2 Å². The molecule has 216 valence electrons. The number of pyridine rings is 1. The largest absolute Gasteiger partial charge is 0.490 e. The summed E-state index contributed by atoms with van der Waals surface area (Å²) in [6.07, 6.45) is 2.59. The Hall–Kier alpha value is -5.42. The van der Waals surface area contributed by atoms with Gasteiger partial charge in [0.1, 0.15) is 11.8 Å². The maximum absolute atomic E-state index is 13.9. The molecule has 1 fully saturated rings. The van der Waals surface area contributed by atoms with E-state index in [1.807, 2.05) is 32.0 Å². The van der Waals surface area contributed by atoms with Gasteiger partial charge in [-0.3, -0.25) is 29.5 Å². The number of amides is 2. The molecule has 3 aromatic carbocycles. The second-order valence-electron chi connectivity index (χ2n) is 9.58. The number of ether oxygens (including phenoxy) is 2. The van der Waals surface area contributed by atoms with Crippen LogP contribution < -0.4 is 19.3 Å². The van der Waals surface area contributed by atoms with E-state index in [-0.39, 0.29) is 22.3 Å². The van der Waals surface area contributed by atoms with Gasteiger partial charge < -0.3 is 9.47 Å². The number of thiocarbonyl (C=S) groups is 1. The number of rotatable bonds is 8. The Kier molecular flexibility index (Phi) is 8.26. The van der Waals surface area contributed by atoms with Crippen molar-refractivity contribution >= 4 is 52.3 Å². The van der Waals surface area contributed by atoms with Crippen LogP contribution in [0.2, 0.25) is 0 Å². The Morgan fingerprint density at radius 2 is 1.60 bits per heavy atom. The molecule has 2 amide bonds. The molecule has 5 rings (SSSR count). The molecule has 0 saturated carbocycles.